The molecule has 0 fully saturated rings. The third-order valence-corrected chi connectivity index (χ3v) is 5.07. The number of thiocarbonyl (C=S) groups is 2. The molecular weight excluding hydrogens is 300 g/mol. The Morgan fingerprint density at radius 1 is 0.889 bits per heavy atom. The van der Waals surface area contributed by atoms with Crippen molar-refractivity contribution < 1.29 is 0 Å². The SMILES string of the molecule is CCCCC=NC(=S)SSC(=S)N=CCCCC. The maximum absolute atomic E-state index is 5.11. The summed E-state index contributed by atoms with van der Waals surface area (Å²) in [5.41, 5.74) is 0. The van der Waals surface area contributed by atoms with E-state index >= 15 is 0 Å². The lowest BCUT2D eigenvalue weighted by Crippen LogP contribution is -1.86. The highest BCUT2D eigenvalue weighted by Crippen LogP contribution is 2.26. The predicted molar refractivity (Wildman–Crippen MR) is 96.4 cm³/mol. The summed E-state index contributed by atoms with van der Waals surface area (Å²) in [6, 6.07) is 0. The van der Waals surface area contributed by atoms with Gasteiger partial charge in [-0.05, 0) is 71.7 Å². The first-order valence-corrected chi connectivity index (χ1v) is 9.14. The minimum absolute atomic E-state index is 0.613. The summed E-state index contributed by atoms with van der Waals surface area (Å²) in [5, 5.41) is 0. The second-order valence-corrected chi connectivity index (χ2v) is 7.00. The number of aliphatic imine (C=N–C) groups is 2. The Morgan fingerprint density at radius 2 is 1.28 bits per heavy atom. The van der Waals surface area contributed by atoms with Crippen LogP contribution in [0.15, 0.2) is 9.98 Å². The molecule has 0 aromatic carbocycles. The minimum Gasteiger partial charge on any atom is -0.242 e. The highest BCUT2D eigenvalue weighted by atomic mass is 33.1. The number of hydrogen-bond donors (Lipinski definition) is 0. The Hall–Kier alpha value is 0.220. The number of rotatable bonds is 6. The lowest BCUT2D eigenvalue weighted by Gasteiger charge is -1.96. The van der Waals surface area contributed by atoms with E-state index < -0.39 is 0 Å². The number of nitrogens with zero attached hydrogens (tertiary/aromatic N) is 2. The average molecular weight is 321 g/mol. The topological polar surface area (TPSA) is 24.7 Å². The van der Waals surface area contributed by atoms with E-state index in [1.807, 2.05) is 12.4 Å². The fourth-order valence-corrected chi connectivity index (χ4v) is 2.81. The van der Waals surface area contributed by atoms with Gasteiger partial charge in [-0.25, -0.2) is 9.98 Å². The average Bonchev–Trinajstić information content (AvgIpc) is 2.37. The van der Waals surface area contributed by atoms with Crippen molar-refractivity contribution >= 4 is 67.1 Å². The second-order valence-electron chi connectivity index (χ2n) is 3.61. The van der Waals surface area contributed by atoms with E-state index in [2.05, 4.69) is 23.8 Å². The molecule has 0 radical (unpaired) electrons. The third kappa shape index (κ3) is 12.7. The van der Waals surface area contributed by atoms with Gasteiger partial charge in [0.15, 0.2) is 8.64 Å². The van der Waals surface area contributed by atoms with Crippen LogP contribution >= 0.6 is 46.0 Å². The first kappa shape index (κ1) is 18.2. The van der Waals surface area contributed by atoms with Crippen molar-refractivity contribution in [3.8, 4) is 0 Å². The van der Waals surface area contributed by atoms with Crippen LogP contribution in [0.25, 0.3) is 0 Å². The molecule has 102 valence electrons. The van der Waals surface area contributed by atoms with E-state index in [0.29, 0.717) is 8.64 Å². The van der Waals surface area contributed by atoms with Crippen LogP contribution in [0.1, 0.15) is 52.4 Å². The summed E-state index contributed by atoms with van der Waals surface area (Å²) in [6.45, 7) is 4.32. The summed E-state index contributed by atoms with van der Waals surface area (Å²) in [6.07, 6.45) is 10.4. The van der Waals surface area contributed by atoms with Gasteiger partial charge in [0.25, 0.3) is 0 Å². The first-order chi connectivity index (χ1) is 8.70. The quantitative estimate of drug-likeness (QED) is 0.281. The summed E-state index contributed by atoms with van der Waals surface area (Å²) in [4.78, 5) is 8.36. The molecule has 0 N–H and O–H groups in total. The zero-order valence-electron chi connectivity index (χ0n) is 10.9. The molecule has 6 heteroatoms. The molecule has 0 rings (SSSR count). The lowest BCUT2D eigenvalue weighted by molar-refractivity contribution is 0.843. The van der Waals surface area contributed by atoms with Crippen molar-refractivity contribution in [1.82, 2.24) is 0 Å². The molecular formula is C12H20N2S4. The van der Waals surface area contributed by atoms with Gasteiger partial charge in [0.05, 0.1) is 0 Å². The summed E-state index contributed by atoms with van der Waals surface area (Å²) in [5.74, 6) is 0. The largest absolute Gasteiger partial charge is 0.242 e. The normalized spacial score (nSPS) is 11.4. The van der Waals surface area contributed by atoms with Crippen LogP contribution < -0.4 is 0 Å². The van der Waals surface area contributed by atoms with Crippen LogP contribution in [0.3, 0.4) is 0 Å². The Morgan fingerprint density at radius 3 is 1.61 bits per heavy atom. The van der Waals surface area contributed by atoms with E-state index in [1.54, 1.807) is 0 Å². The molecule has 0 aliphatic heterocycles. The molecule has 0 amide bonds. The van der Waals surface area contributed by atoms with E-state index in [-0.39, 0.29) is 0 Å². The van der Waals surface area contributed by atoms with Crippen molar-refractivity contribution in [3.63, 3.8) is 0 Å². The standard InChI is InChI=1S/C12H20N2S4/c1-3-5-7-9-13-11(15)17-18-12(16)14-10-8-6-4-2/h9-10H,3-8H2,1-2H3. The smallest absolute Gasteiger partial charge is 0.170 e. The van der Waals surface area contributed by atoms with Crippen LogP contribution in [0.2, 0.25) is 0 Å². The molecule has 0 unspecified atom stereocenters. The van der Waals surface area contributed by atoms with Crippen molar-refractivity contribution in [1.29, 1.82) is 0 Å². The van der Waals surface area contributed by atoms with Gasteiger partial charge in [0.2, 0.25) is 0 Å². The van der Waals surface area contributed by atoms with E-state index in [0.717, 1.165) is 25.7 Å². The van der Waals surface area contributed by atoms with Crippen LogP contribution in [0, 0.1) is 0 Å². The van der Waals surface area contributed by atoms with Crippen molar-refractivity contribution in [3.05, 3.63) is 0 Å². The minimum atomic E-state index is 0.613. The van der Waals surface area contributed by atoms with E-state index in [9.17, 15) is 0 Å². The molecule has 0 aromatic rings. The second kappa shape index (κ2) is 13.6. The molecule has 0 aliphatic carbocycles. The predicted octanol–water partition coefficient (Wildman–Crippen LogP) is 5.46. The molecule has 18 heavy (non-hydrogen) atoms. The molecule has 0 saturated carbocycles. The van der Waals surface area contributed by atoms with Crippen molar-refractivity contribution in [2.45, 2.75) is 52.4 Å². The molecule has 0 spiro atoms. The van der Waals surface area contributed by atoms with Crippen LogP contribution in [0.4, 0.5) is 0 Å². The maximum atomic E-state index is 5.11. The fourth-order valence-electron chi connectivity index (χ4n) is 0.983. The highest BCUT2D eigenvalue weighted by molar-refractivity contribution is 8.89. The van der Waals surface area contributed by atoms with Gasteiger partial charge in [-0.3, -0.25) is 0 Å². The van der Waals surface area contributed by atoms with E-state index in [1.165, 1.54) is 34.4 Å². The monoisotopic (exact) mass is 320 g/mol. The van der Waals surface area contributed by atoms with Gasteiger partial charge in [0.1, 0.15) is 0 Å². The molecule has 0 aliphatic rings. The van der Waals surface area contributed by atoms with E-state index in [4.69, 9.17) is 24.4 Å². The molecule has 2 nitrogen and oxygen atoms in total. The molecule has 0 bridgehead atoms. The van der Waals surface area contributed by atoms with Gasteiger partial charge in [-0.2, -0.15) is 0 Å². The Kier molecular flexibility index (Phi) is 13.8. The summed E-state index contributed by atoms with van der Waals surface area (Å²) in [7, 11) is 2.80. The molecule has 0 aromatic heterocycles. The van der Waals surface area contributed by atoms with Crippen molar-refractivity contribution in [2.24, 2.45) is 9.98 Å². The summed E-state index contributed by atoms with van der Waals surface area (Å²) >= 11 is 10.2. The zero-order valence-corrected chi connectivity index (χ0v) is 14.2. The lowest BCUT2D eigenvalue weighted by atomic mass is 10.3. The first-order valence-electron chi connectivity index (χ1n) is 6.18. The molecule has 0 saturated heterocycles. The van der Waals surface area contributed by atoms with Crippen LogP contribution in [0.5, 0.6) is 0 Å². The molecule has 0 atom stereocenters. The summed E-state index contributed by atoms with van der Waals surface area (Å²) < 4.78 is 1.23. The van der Waals surface area contributed by atoms with Crippen LogP contribution in [-0.2, 0) is 0 Å². The van der Waals surface area contributed by atoms with Gasteiger partial charge >= 0.3 is 0 Å². The Labute approximate surface area is 129 Å². The Bertz CT molecular complexity index is 270. The van der Waals surface area contributed by atoms with Gasteiger partial charge in [-0.1, -0.05) is 26.7 Å². The fraction of sp³-hybridized carbons (Fsp3) is 0.667. The highest BCUT2D eigenvalue weighted by Gasteiger charge is 1.99. The number of unbranched alkanes of at least 4 members (excludes halogenated alkanes) is 4. The third-order valence-electron chi connectivity index (χ3n) is 1.95. The van der Waals surface area contributed by atoms with Crippen molar-refractivity contribution in [2.75, 3.05) is 0 Å². The van der Waals surface area contributed by atoms with Gasteiger partial charge in [-0.15, -0.1) is 0 Å². The van der Waals surface area contributed by atoms with Gasteiger partial charge in [0, 0.05) is 12.4 Å². The van der Waals surface area contributed by atoms with Crippen LogP contribution in [-0.4, -0.2) is 21.1 Å². The van der Waals surface area contributed by atoms with Gasteiger partial charge < -0.3 is 0 Å². The Balaban J connectivity index is 3.68. The number of hydrogen-bond acceptors (Lipinski definition) is 4. The maximum Gasteiger partial charge on any atom is 0.170 e. The zero-order chi connectivity index (χ0) is 13.6. The molecule has 0 heterocycles.